The zero-order valence-electron chi connectivity index (χ0n) is 11.0. The monoisotopic (exact) mass is 293 g/mol. The number of piperidine rings is 1. The van der Waals surface area contributed by atoms with Gasteiger partial charge in [-0.05, 0) is 36.9 Å². The van der Waals surface area contributed by atoms with Crippen LogP contribution in [0.3, 0.4) is 0 Å². The lowest BCUT2D eigenvalue weighted by molar-refractivity contribution is 0.567. The first-order valence-electron chi connectivity index (χ1n) is 6.70. The maximum Gasteiger partial charge on any atom is 0.231 e. The minimum absolute atomic E-state index is 0.215. The van der Waals surface area contributed by atoms with E-state index in [2.05, 4.69) is 35.4 Å². The molecule has 0 radical (unpaired) electrons. The van der Waals surface area contributed by atoms with Crippen LogP contribution in [0.15, 0.2) is 12.3 Å². The zero-order chi connectivity index (χ0) is 13.8. The van der Waals surface area contributed by atoms with E-state index < -0.39 is 0 Å². The first-order chi connectivity index (χ1) is 9.81. The van der Waals surface area contributed by atoms with Gasteiger partial charge in [0.25, 0.3) is 0 Å². The predicted octanol–water partition coefficient (Wildman–Crippen LogP) is 1.85. The Morgan fingerprint density at radius 2 is 2.05 bits per heavy atom. The first kappa shape index (κ1) is 13.1. The minimum atomic E-state index is 0.215. The summed E-state index contributed by atoms with van der Waals surface area (Å²) in [7, 11) is 0. The van der Waals surface area contributed by atoms with E-state index in [0.717, 1.165) is 18.8 Å². The molecule has 2 aromatic rings. The molecule has 2 aromatic heterocycles. The molecule has 3 heterocycles. The summed E-state index contributed by atoms with van der Waals surface area (Å²) in [6, 6.07) is 1.89. The first-order valence-corrected chi connectivity index (χ1v) is 7.08. The number of aromatic nitrogens is 5. The molecule has 0 atom stereocenters. The average Bonchev–Trinajstić information content (AvgIpc) is 2.99. The van der Waals surface area contributed by atoms with Crippen LogP contribution in [0.25, 0.3) is 0 Å². The van der Waals surface area contributed by atoms with Gasteiger partial charge in [0, 0.05) is 19.3 Å². The summed E-state index contributed by atoms with van der Waals surface area (Å²) >= 11 is 5.98. The molecule has 0 aromatic carbocycles. The van der Waals surface area contributed by atoms with Crippen molar-refractivity contribution in [1.29, 1.82) is 0 Å². The van der Waals surface area contributed by atoms with Crippen molar-refractivity contribution in [3.8, 4) is 0 Å². The lowest BCUT2D eigenvalue weighted by Crippen LogP contribution is -2.31. The molecule has 7 nitrogen and oxygen atoms in total. The van der Waals surface area contributed by atoms with E-state index in [9.17, 15) is 0 Å². The van der Waals surface area contributed by atoms with Crippen molar-refractivity contribution in [3.05, 3.63) is 23.2 Å². The Labute approximate surface area is 121 Å². The smallest absolute Gasteiger partial charge is 0.231 e. The number of hydrogen-bond donors (Lipinski definition) is 2. The maximum absolute atomic E-state index is 5.98. The van der Waals surface area contributed by atoms with Crippen LogP contribution in [0.1, 0.15) is 25.0 Å². The van der Waals surface area contributed by atoms with Crippen molar-refractivity contribution in [2.75, 3.05) is 23.3 Å². The fraction of sp³-hybridized carbons (Fsp3) is 0.500. The van der Waals surface area contributed by atoms with E-state index in [0.29, 0.717) is 18.4 Å². The minimum Gasteiger partial charge on any atom is -0.348 e. The zero-order valence-corrected chi connectivity index (χ0v) is 11.8. The molecular weight excluding hydrogens is 278 g/mol. The summed E-state index contributed by atoms with van der Waals surface area (Å²) in [5.41, 5.74) is 0.959. The maximum atomic E-state index is 5.98. The van der Waals surface area contributed by atoms with E-state index in [1.165, 1.54) is 19.3 Å². The standard InChI is InChI=1S/C12H16ClN7/c13-10-16-11(14-8-9-4-5-15-19-9)18-12(17-10)20-6-2-1-3-7-20/h4-5H,1-3,6-8H2,(H,15,19)(H,14,16,17,18). The Balaban J connectivity index is 1.72. The lowest BCUT2D eigenvalue weighted by atomic mass is 10.1. The summed E-state index contributed by atoms with van der Waals surface area (Å²) < 4.78 is 0. The quantitative estimate of drug-likeness (QED) is 0.895. The van der Waals surface area contributed by atoms with Gasteiger partial charge in [0.1, 0.15) is 0 Å². The third-order valence-corrected chi connectivity index (χ3v) is 3.40. The van der Waals surface area contributed by atoms with Gasteiger partial charge in [-0.1, -0.05) is 0 Å². The molecule has 20 heavy (non-hydrogen) atoms. The predicted molar refractivity (Wildman–Crippen MR) is 76.8 cm³/mol. The molecule has 0 unspecified atom stereocenters. The van der Waals surface area contributed by atoms with Gasteiger partial charge in [-0.2, -0.15) is 20.1 Å². The van der Waals surface area contributed by atoms with Crippen molar-refractivity contribution >= 4 is 23.5 Å². The Bertz CT molecular complexity index is 551. The summed E-state index contributed by atoms with van der Waals surface area (Å²) in [6.45, 7) is 2.51. The van der Waals surface area contributed by atoms with Gasteiger partial charge >= 0.3 is 0 Å². The van der Waals surface area contributed by atoms with Crippen LogP contribution < -0.4 is 10.2 Å². The fourth-order valence-corrected chi connectivity index (χ4v) is 2.37. The third kappa shape index (κ3) is 3.16. The van der Waals surface area contributed by atoms with Gasteiger partial charge in [0.15, 0.2) is 0 Å². The highest BCUT2D eigenvalue weighted by molar-refractivity contribution is 6.28. The molecule has 106 valence electrons. The van der Waals surface area contributed by atoms with Crippen LogP contribution >= 0.6 is 11.6 Å². The van der Waals surface area contributed by atoms with Gasteiger partial charge in [0.2, 0.25) is 17.2 Å². The summed E-state index contributed by atoms with van der Waals surface area (Å²) in [5, 5.41) is 10.1. The van der Waals surface area contributed by atoms with E-state index in [1.807, 2.05) is 6.07 Å². The van der Waals surface area contributed by atoms with Crippen LogP contribution in [-0.2, 0) is 6.54 Å². The normalized spacial score (nSPS) is 15.3. The highest BCUT2D eigenvalue weighted by Crippen LogP contribution is 2.18. The van der Waals surface area contributed by atoms with Crippen molar-refractivity contribution in [2.24, 2.45) is 0 Å². The number of anilines is 2. The topological polar surface area (TPSA) is 82.6 Å². The number of halogens is 1. The van der Waals surface area contributed by atoms with Crippen LogP contribution in [0.4, 0.5) is 11.9 Å². The molecule has 1 fully saturated rings. The van der Waals surface area contributed by atoms with Gasteiger partial charge in [-0.15, -0.1) is 0 Å². The third-order valence-electron chi connectivity index (χ3n) is 3.23. The SMILES string of the molecule is Clc1nc(NCc2ccn[nH]2)nc(N2CCCCC2)n1. The highest BCUT2D eigenvalue weighted by atomic mass is 35.5. The molecule has 0 bridgehead atoms. The largest absolute Gasteiger partial charge is 0.348 e. The van der Waals surface area contributed by atoms with Crippen molar-refractivity contribution in [1.82, 2.24) is 25.1 Å². The molecule has 0 spiro atoms. The van der Waals surface area contributed by atoms with Gasteiger partial charge < -0.3 is 10.2 Å². The Morgan fingerprint density at radius 3 is 2.80 bits per heavy atom. The number of aromatic amines is 1. The molecule has 2 N–H and O–H groups in total. The van der Waals surface area contributed by atoms with Crippen LogP contribution in [0, 0.1) is 0 Å². The van der Waals surface area contributed by atoms with Gasteiger partial charge in [0.05, 0.1) is 12.2 Å². The number of nitrogens with zero attached hydrogens (tertiary/aromatic N) is 5. The number of H-pyrrole nitrogens is 1. The molecular formula is C12H16ClN7. The summed E-state index contributed by atoms with van der Waals surface area (Å²) in [6.07, 6.45) is 5.30. The van der Waals surface area contributed by atoms with Gasteiger partial charge in [-0.25, -0.2) is 0 Å². The van der Waals surface area contributed by atoms with Crippen LogP contribution in [0.2, 0.25) is 5.28 Å². The van der Waals surface area contributed by atoms with Crippen LogP contribution in [0.5, 0.6) is 0 Å². The molecule has 8 heteroatoms. The van der Waals surface area contributed by atoms with Crippen LogP contribution in [-0.4, -0.2) is 38.2 Å². The van der Waals surface area contributed by atoms with Crippen molar-refractivity contribution < 1.29 is 0 Å². The second-order valence-corrected chi connectivity index (χ2v) is 5.05. The number of nitrogens with one attached hydrogen (secondary N) is 2. The molecule has 3 rings (SSSR count). The van der Waals surface area contributed by atoms with Gasteiger partial charge in [-0.3, -0.25) is 5.10 Å². The number of rotatable bonds is 4. The average molecular weight is 294 g/mol. The molecule has 1 aliphatic rings. The summed E-state index contributed by atoms with van der Waals surface area (Å²) in [5.74, 6) is 1.14. The molecule has 1 aliphatic heterocycles. The lowest BCUT2D eigenvalue weighted by Gasteiger charge is -2.26. The molecule has 0 amide bonds. The highest BCUT2D eigenvalue weighted by Gasteiger charge is 2.15. The second-order valence-electron chi connectivity index (χ2n) is 4.71. The summed E-state index contributed by atoms with van der Waals surface area (Å²) in [4.78, 5) is 14.9. The van der Waals surface area contributed by atoms with Crippen molar-refractivity contribution in [3.63, 3.8) is 0 Å². The van der Waals surface area contributed by atoms with E-state index in [4.69, 9.17) is 11.6 Å². The number of hydrogen-bond acceptors (Lipinski definition) is 6. The fourth-order valence-electron chi connectivity index (χ4n) is 2.21. The Hall–Kier alpha value is -1.89. The van der Waals surface area contributed by atoms with E-state index >= 15 is 0 Å². The van der Waals surface area contributed by atoms with E-state index in [-0.39, 0.29) is 5.28 Å². The van der Waals surface area contributed by atoms with Crippen molar-refractivity contribution in [2.45, 2.75) is 25.8 Å². The molecule has 0 aliphatic carbocycles. The molecule has 0 saturated carbocycles. The Kier molecular flexibility index (Phi) is 3.96. The Morgan fingerprint density at radius 1 is 1.20 bits per heavy atom. The van der Waals surface area contributed by atoms with E-state index in [1.54, 1.807) is 6.20 Å². The molecule has 1 saturated heterocycles. The second kappa shape index (κ2) is 6.04.